The van der Waals surface area contributed by atoms with Crippen molar-refractivity contribution in [3.8, 4) is 11.5 Å². The molecular formula is C26H28F2N2O8S. The summed E-state index contributed by atoms with van der Waals surface area (Å²) in [4.78, 5) is 24.6. The van der Waals surface area contributed by atoms with Crippen LogP contribution in [0.3, 0.4) is 0 Å². The predicted molar refractivity (Wildman–Crippen MR) is 139 cm³/mol. The van der Waals surface area contributed by atoms with Crippen LogP contribution in [0, 0.1) is 11.6 Å². The molecule has 210 valence electrons. The fourth-order valence-corrected chi connectivity index (χ4v) is 4.56. The van der Waals surface area contributed by atoms with Gasteiger partial charge in [0.15, 0.2) is 17.4 Å². The molecule has 0 radical (unpaired) electrons. The zero-order valence-corrected chi connectivity index (χ0v) is 22.7. The van der Waals surface area contributed by atoms with Gasteiger partial charge in [-0.1, -0.05) is 36.4 Å². The molecule has 0 atom stereocenters. The normalized spacial score (nSPS) is 11.6. The number of fused-ring (bicyclic) bond motifs is 1. The standard InChI is InChI=1S/C26H28F2N2O8S/c1-26(2,3)38-25(32)29-39(33,34)30(14-20(31)36-5)24-19(37-15-16-9-7-6-8-10-16)13-17-11-12-18(35-4)22(27)21(17)23(24)28/h6-13H,14-15H2,1-5H3,(H,29,32). The molecule has 0 heterocycles. The lowest BCUT2D eigenvalue weighted by atomic mass is 10.1. The van der Waals surface area contributed by atoms with Crippen molar-refractivity contribution in [2.24, 2.45) is 0 Å². The number of nitrogens with one attached hydrogen (secondary N) is 1. The number of rotatable bonds is 9. The Balaban J connectivity index is 2.24. The van der Waals surface area contributed by atoms with Gasteiger partial charge in [0, 0.05) is 0 Å². The average molecular weight is 567 g/mol. The minimum Gasteiger partial charge on any atom is -0.494 e. The van der Waals surface area contributed by atoms with Gasteiger partial charge in [0.05, 0.1) is 19.6 Å². The number of amides is 1. The molecule has 0 unspecified atom stereocenters. The number of esters is 1. The number of carbonyl (C=O) groups excluding carboxylic acids is 2. The molecule has 0 bridgehead atoms. The van der Waals surface area contributed by atoms with Crippen molar-refractivity contribution in [1.29, 1.82) is 0 Å². The third kappa shape index (κ3) is 7.05. The van der Waals surface area contributed by atoms with Gasteiger partial charge in [0.2, 0.25) is 0 Å². The van der Waals surface area contributed by atoms with Crippen LogP contribution in [0.4, 0.5) is 19.3 Å². The van der Waals surface area contributed by atoms with E-state index in [1.807, 2.05) is 0 Å². The first-order chi connectivity index (χ1) is 18.3. The Kier molecular flexibility index (Phi) is 8.85. The molecule has 0 saturated carbocycles. The van der Waals surface area contributed by atoms with Gasteiger partial charge >= 0.3 is 22.3 Å². The predicted octanol–water partition coefficient (Wildman–Crippen LogP) is 4.45. The summed E-state index contributed by atoms with van der Waals surface area (Å²) >= 11 is 0. The number of nitrogens with zero attached hydrogens (tertiary/aromatic N) is 1. The smallest absolute Gasteiger partial charge is 0.422 e. The van der Waals surface area contributed by atoms with Gasteiger partial charge in [-0.2, -0.15) is 8.42 Å². The maximum absolute atomic E-state index is 16.2. The van der Waals surface area contributed by atoms with Gasteiger partial charge < -0.3 is 18.9 Å². The molecule has 0 fully saturated rings. The maximum atomic E-state index is 16.2. The van der Waals surface area contributed by atoms with Crippen LogP contribution in [-0.4, -0.2) is 46.8 Å². The average Bonchev–Trinajstić information content (AvgIpc) is 2.85. The second kappa shape index (κ2) is 11.7. The Labute approximate surface area is 224 Å². The van der Waals surface area contributed by atoms with Crippen LogP contribution in [0.5, 0.6) is 11.5 Å². The molecule has 10 nitrogen and oxygen atoms in total. The Hall–Kier alpha value is -4.13. The molecule has 3 rings (SSSR count). The molecule has 3 aromatic rings. The first kappa shape index (κ1) is 29.4. The first-order valence-corrected chi connectivity index (χ1v) is 13.0. The second-order valence-electron chi connectivity index (χ2n) is 9.18. The second-order valence-corrected chi connectivity index (χ2v) is 10.8. The quantitative estimate of drug-likeness (QED) is 0.377. The Morgan fingerprint density at radius 3 is 2.23 bits per heavy atom. The lowest BCUT2D eigenvalue weighted by Crippen LogP contribution is -2.48. The molecule has 13 heteroatoms. The highest BCUT2D eigenvalue weighted by atomic mass is 32.2. The summed E-state index contributed by atoms with van der Waals surface area (Å²) < 4.78 is 80.3. The van der Waals surface area contributed by atoms with Crippen molar-refractivity contribution >= 4 is 38.7 Å². The van der Waals surface area contributed by atoms with E-state index in [-0.39, 0.29) is 27.8 Å². The number of carbonyl (C=O) groups is 2. The van der Waals surface area contributed by atoms with Gasteiger partial charge in [-0.15, -0.1) is 0 Å². The van der Waals surface area contributed by atoms with Crippen molar-refractivity contribution in [3.05, 3.63) is 65.7 Å². The molecule has 0 spiro atoms. The van der Waals surface area contributed by atoms with Crippen LogP contribution in [0.15, 0.2) is 48.5 Å². The van der Waals surface area contributed by atoms with Gasteiger partial charge in [0.1, 0.15) is 30.2 Å². The van der Waals surface area contributed by atoms with Crippen LogP contribution in [0.2, 0.25) is 0 Å². The van der Waals surface area contributed by atoms with Crippen LogP contribution < -0.4 is 18.5 Å². The molecule has 1 amide bonds. The summed E-state index contributed by atoms with van der Waals surface area (Å²) in [5.74, 6) is -4.26. The minimum absolute atomic E-state index is 0.0214. The molecule has 39 heavy (non-hydrogen) atoms. The minimum atomic E-state index is -5.04. The van der Waals surface area contributed by atoms with E-state index >= 15 is 8.78 Å². The van der Waals surface area contributed by atoms with E-state index in [9.17, 15) is 18.0 Å². The number of benzene rings is 3. The van der Waals surface area contributed by atoms with Crippen LogP contribution in [0.1, 0.15) is 26.3 Å². The van der Waals surface area contributed by atoms with E-state index in [1.165, 1.54) is 46.1 Å². The van der Waals surface area contributed by atoms with Crippen LogP contribution >= 0.6 is 0 Å². The molecule has 3 aromatic carbocycles. The summed E-state index contributed by atoms with van der Waals surface area (Å²) in [7, 11) is -2.87. The topological polar surface area (TPSA) is 120 Å². The van der Waals surface area contributed by atoms with Gasteiger partial charge in [-0.25, -0.2) is 22.6 Å². The molecule has 0 aromatic heterocycles. The summed E-state index contributed by atoms with van der Waals surface area (Å²) in [6.45, 7) is 3.27. The summed E-state index contributed by atoms with van der Waals surface area (Å²) in [6, 6.07) is 12.5. The molecule has 0 saturated heterocycles. The maximum Gasteiger partial charge on any atom is 0.422 e. The van der Waals surface area contributed by atoms with E-state index in [0.29, 0.717) is 5.56 Å². The third-order valence-electron chi connectivity index (χ3n) is 5.19. The number of anilines is 1. The lowest BCUT2D eigenvalue weighted by Gasteiger charge is -2.27. The van der Waals surface area contributed by atoms with E-state index < -0.39 is 57.1 Å². The van der Waals surface area contributed by atoms with E-state index in [4.69, 9.17) is 14.2 Å². The number of ether oxygens (including phenoxy) is 4. The Morgan fingerprint density at radius 1 is 0.974 bits per heavy atom. The van der Waals surface area contributed by atoms with Crippen molar-refractivity contribution in [3.63, 3.8) is 0 Å². The van der Waals surface area contributed by atoms with Crippen LogP contribution in [-0.2, 0) is 31.1 Å². The summed E-state index contributed by atoms with van der Waals surface area (Å²) in [5, 5.41) is -0.605. The van der Waals surface area contributed by atoms with Crippen molar-refractivity contribution in [1.82, 2.24) is 4.72 Å². The van der Waals surface area contributed by atoms with Crippen molar-refractivity contribution in [2.75, 3.05) is 25.1 Å². The van der Waals surface area contributed by atoms with Gasteiger partial charge in [0.25, 0.3) is 0 Å². The van der Waals surface area contributed by atoms with E-state index in [1.54, 1.807) is 35.1 Å². The number of halogens is 2. The van der Waals surface area contributed by atoms with E-state index in [2.05, 4.69) is 4.74 Å². The van der Waals surface area contributed by atoms with E-state index in [0.717, 1.165) is 7.11 Å². The first-order valence-electron chi connectivity index (χ1n) is 11.5. The molecule has 0 aliphatic rings. The number of hydrogen-bond donors (Lipinski definition) is 1. The fourth-order valence-electron chi connectivity index (χ4n) is 3.51. The summed E-state index contributed by atoms with van der Waals surface area (Å²) in [6.07, 6.45) is -1.39. The third-order valence-corrected chi connectivity index (χ3v) is 6.51. The molecule has 0 aliphatic carbocycles. The molecule has 0 aliphatic heterocycles. The SMILES string of the molecule is COC(=O)CN(c1c(OCc2ccccc2)cc2ccc(OC)c(F)c2c1F)S(=O)(=O)NC(=O)OC(C)(C)C. The number of methoxy groups -OCH3 is 2. The largest absolute Gasteiger partial charge is 0.494 e. The highest BCUT2D eigenvalue weighted by Gasteiger charge is 2.35. The van der Waals surface area contributed by atoms with Crippen molar-refractivity contribution < 1.29 is 45.7 Å². The Bertz CT molecular complexity index is 1480. The van der Waals surface area contributed by atoms with Crippen LogP contribution in [0.25, 0.3) is 10.8 Å². The zero-order chi connectivity index (χ0) is 29.0. The molecule has 1 N–H and O–H groups in total. The van der Waals surface area contributed by atoms with Crippen molar-refractivity contribution in [2.45, 2.75) is 33.0 Å². The fraction of sp³-hybridized carbons (Fsp3) is 0.308. The van der Waals surface area contributed by atoms with Gasteiger partial charge in [-0.05, 0) is 43.9 Å². The Morgan fingerprint density at radius 2 is 1.64 bits per heavy atom. The zero-order valence-electron chi connectivity index (χ0n) is 21.9. The lowest BCUT2D eigenvalue weighted by molar-refractivity contribution is -0.138. The highest BCUT2D eigenvalue weighted by molar-refractivity contribution is 7.91. The van der Waals surface area contributed by atoms with Gasteiger partial charge in [-0.3, -0.25) is 4.79 Å². The number of hydrogen-bond acceptors (Lipinski definition) is 8. The summed E-state index contributed by atoms with van der Waals surface area (Å²) in [5.41, 5.74) is -1.27. The highest BCUT2D eigenvalue weighted by Crippen LogP contribution is 2.41. The monoisotopic (exact) mass is 566 g/mol. The molecular weight excluding hydrogens is 538 g/mol.